The Morgan fingerprint density at radius 2 is 1.35 bits per heavy atom. The molecular weight excluding hydrogens is 364 g/mol. The van der Waals surface area contributed by atoms with Gasteiger partial charge in [0.05, 0.1) is 5.92 Å². The van der Waals surface area contributed by atoms with Crippen molar-refractivity contribution in [3.05, 3.63) is 0 Å². The van der Waals surface area contributed by atoms with Crippen LogP contribution in [0.3, 0.4) is 0 Å². The Morgan fingerprint density at radius 3 is 1.65 bits per heavy atom. The van der Waals surface area contributed by atoms with Crippen molar-refractivity contribution in [2.75, 3.05) is 21.3 Å². The summed E-state index contributed by atoms with van der Waals surface area (Å²) in [4.78, 5) is 13.0. The van der Waals surface area contributed by atoms with E-state index in [2.05, 4.69) is 34.6 Å². The quantitative estimate of drug-likeness (QED) is 0.384. The fraction of sp³-hybridized carbons (Fsp3) is 0.947. The molecule has 5 nitrogen and oxygen atoms in total. The van der Waals surface area contributed by atoms with Crippen molar-refractivity contribution in [3.8, 4) is 0 Å². The average molecular weight is 407 g/mol. The Balaban J connectivity index is 5.43. The molecule has 0 aromatic heterocycles. The van der Waals surface area contributed by atoms with E-state index in [4.69, 9.17) is 17.7 Å². The third kappa shape index (κ3) is 7.07. The molecule has 1 atom stereocenters. The number of hydrogen-bond acceptors (Lipinski definition) is 5. The summed E-state index contributed by atoms with van der Waals surface area (Å²) >= 11 is 0. The number of unbranched alkanes of at least 4 members (excludes halogenated alkanes) is 2. The van der Waals surface area contributed by atoms with Gasteiger partial charge in [-0.1, -0.05) is 67.2 Å². The van der Waals surface area contributed by atoms with Crippen LogP contribution in [0.25, 0.3) is 0 Å². The lowest BCUT2D eigenvalue weighted by Crippen LogP contribution is -2.51. The van der Waals surface area contributed by atoms with Crippen LogP contribution in [0.4, 0.5) is 0 Å². The minimum absolute atomic E-state index is 0.0189. The Hall–Kier alpha value is -0.216. The minimum atomic E-state index is -2.80. The largest absolute Gasteiger partial charge is 0.518 e. The molecule has 1 unspecified atom stereocenters. The molecule has 0 saturated heterocycles. The Morgan fingerprint density at radius 1 is 0.923 bits per heavy atom. The lowest BCUT2D eigenvalue weighted by molar-refractivity contribution is -0.139. The minimum Gasteiger partial charge on any atom is -0.518 e. The van der Waals surface area contributed by atoms with Crippen LogP contribution in [0.1, 0.15) is 67.2 Å². The zero-order valence-electron chi connectivity index (χ0n) is 18.6. The van der Waals surface area contributed by atoms with E-state index in [0.29, 0.717) is 6.04 Å². The molecule has 0 aliphatic rings. The fourth-order valence-electron chi connectivity index (χ4n) is 3.31. The molecule has 0 amide bonds. The molecule has 0 aliphatic heterocycles. The highest BCUT2D eigenvalue weighted by atomic mass is 28.4. The van der Waals surface area contributed by atoms with Gasteiger partial charge >= 0.3 is 8.80 Å². The molecule has 0 aliphatic carbocycles. The van der Waals surface area contributed by atoms with E-state index in [9.17, 15) is 4.79 Å². The second kappa shape index (κ2) is 11.6. The molecule has 0 aromatic carbocycles. The summed E-state index contributed by atoms with van der Waals surface area (Å²) in [6.07, 6.45) is 4.47. The number of carbonyl (C=O) groups excluding carboxylic acids is 1. The first kappa shape index (κ1) is 25.8. The van der Waals surface area contributed by atoms with E-state index >= 15 is 0 Å². The Labute approximate surface area is 163 Å². The van der Waals surface area contributed by atoms with Crippen molar-refractivity contribution in [3.63, 3.8) is 0 Å². The Bertz CT molecular complexity index is 389. The van der Waals surface area contributed by atoms with Crippen LogP contribution < -0.4 is 0 Å². The van der Waals surface area contributed by atoms with Crippen LogP contribution in [0, 0.1) is 5.92 Å². The zero-order chi connectivity index (χ0) is 20.4. The first-order valence-electron chi connectivity index (χ1n) is 9.95. The van der Waals surface area contributed by atoms with Crippen molar-refractivity contribution < 1.29 is 22.5 Å². The zero-order valence-corrected chi connectivity index (χ0v) is 20.6. The van der Waals surface area contributed by atoms with Crippen molar-refractivity contribution in [2.45, 2.75) is 90.4 Å². The van der Waals surface area contributed by atoms with Gasteiger partial charge in [0, 0.05) is 27.4 Å². The Kier molecular flexibility index (Phi) is 11.5. The molecule has 156 valence electrons. The highest BCUT2D eigenvalue weighted by molar-refractivity contribution is 6.78. The normalized spacial score (nSPS) is 14.3. The van der Waals surface area contributed by atoms with E-state index in [0.717, 1.165) is 37.8 Å². The molecule has 0 radical (unpaired) electrons. The predicted molar refractivity (Wildman–Crippen MR) is 112 cm³/mol. The maximum Gasteiger partial charge on any atom is 0.501 e. The number of rotatable bonds is 13. The number of carbonyl (C=O) groups is 1. The van der Waals surface area contributed by atoms with Crippen LogP contribution in [-0.4, -0.2) is 44.4 Å². The summed E-state index contributed by atoms with van der Waals surface area (Å²) < 4.78 is 22.9. The van der Waals surface area contributed by atoms with Gasteiger partial charge in [-0.3, -0.25) is 4.79 Å². The molecule has 26 heavy (non-hydrogen) atoms. The van der Waals surface area contributed by atoms with Gasteiger partial charge in [-0.15, -0.1) is 0 Å². The van der Waals surface area contributed by atoms with Gasteiger partial charge in [0.15, 0.2) is 0 Å². The van der Waals surface area contributed by atoms with Crippen LogP contribution in [-0.2, 0) is 22.5 Å². The lowest BCUT2D eigenvalue weighted by Gasteiger charge is -2.42. The molecule has 0 fully saturated rings. The highest BCUT2D eigenvalue weighted by Gasteiger charge is 2.50. The molecular formula is C19H42O5Si2. The molecule has 0 rings (SSSR count). The molecule has 0 N–H and O–H groups in total. The summed E-state index contributed by atoms with van der Waals surface area (Å²) in [5.41, 5.74) is 0. The summed E-state index contributed by atoms with van der Waals surface area (Å²) in [6.45, 7) is 13.0. The summed E-state index contributed by atoms with van der Waals surface area (Å²) in [5.74, 6) is -0.430. The van der Waals surface area contributed by atoms with Gasteiger partial charge in [0.1, 0.15) is 0 Å². The second-order valence-electron chi connectivity index (χ2n) is 8.27. The van der Waals surface area contributed by atoms with Gasteiger partial charge in [-0.25, -0.2) is 0 Å². The van der Waals surface area contributed by atoms with E-state index in [-0.39, 0.29) is 16.9 Å². The maximum absolute atomic E-state index is 13.0. The van der Waals surface area contributed by atoms with Crippen molar-refractivity contribution >= 4 is 23.1 Å². The van der Waals surface area contributed by atoms with Crippen molar-refractivity contribution in [1.82, 2.24) is 0 Å². The van der Waals surface area contributed by atoms with Crippen molar-refractivity contribution in [2.24, 2.45) is 5.92 Å². The number of hydrogen-bond donors (Lipinski definition) is 0. The third-order valence-corrected chi connectivity index (χ3v) is 14.0. The summed E-state index contributed by atoms with van der Waals surface area (Å²) in [7, 11) is -0.296. The van der Waals surface area contributed by atoms with Crippen molar-refractivity contribution in [1.29, 1.82) is 0 Å². The van der Waals surface area contributed by atoms with Gasteiger partial charge in [0.2, 0.25) is 0 Å². The molecule has 0 aromatic rings. The molecule has 0 bridgehead atoms. The summed E-state index contributed by atoms with van der Waals surface area (Å²) in [5, 5.41) is 0.0189. The molecule has 0 heterocycles. The lowest BCUT2D eigenvalue weighted by atomic mass is 10.2. The van der Waals surface area contributed by atoms with E-state index in [1.165, 1.54) is 0 Å². The molecule has 0 saturated carbocycles. The third-order valence-electron chi connectivity index (χ3n) is 5.42. The fourth-order valence-corrected chi connectivity index (χ4v) is 9.92. The molecule has 7 heteroatoms. The van der Waals surface area contributed by atoms with Gasteiger partial charge in [-0.2, -0.15) is 0 Å². The second-order valence-corrected chi connectivity index (χ2v) is 16.0. The maximum atomic E-state index is 13.0. The smallest absolute Gasteiger partial charge is 0.501 e. The van der Waals surface area contributed by atoms with E-state index in [1.54, 1.807) is 21.3 Å². The van der Waals surface area contributed by atoms with E-state index in [1.807, 2.05) is 6.92 Å². The first-order chi connectivity index (χ1) is 12.1. The van der Waals surface area contributed by atoms with Crippen LogP contribution >= 0.6 is 0 Å². The molecule has 0 spiro atoms. The van der Waals surface area contributed by atoms with Crippen LogP contribution in [0.15, 0.2) is 0 Å². The topological polar surface area (TPSA) is 54.0 Å². The standard InChI is InChI=1S/C19H42O5Si2/c1-10-12-14-25(15-13-11-2,19(4,5)6)24-18(20)17(3)16-26(21-7,22-8)23-9/h17H,10-16H2,1-9H3. The summed E-state index contributed by atoms with van der Waals surface area (Å²) in [6, 6.07) is 2.51. The average Bonchev–Trinajstić information content (AvgIpc) is 2.60. The van der Waals surface area contributed by atoms with Gasteiger partial charge in [-0.05, 0) is 17.1 Å². The first-order valence-corrected chi connectivity index (χ1v) is 14.2. The monoisotopic (exact) mass is 406 g/mol. The van der Waals surface area contributed by atoms with Crippen LogP contribution in [0.5, 0.6) is 0 Å². The van der Waals surface area contributed by atoms with Gasteiger partial charge in [0.25, 0.3) is 14.3 Å². The SMILES string of the molecule is CCCC[Si](CCCC)(OC(=O)C(C)C[Si](OC)(OC)OC)C(C)(C)C. The predicted octanol–water partition coefficient (Wildman–Crippen LogP) is 5.39. The van der Waals surface area contributed by atoms with Crippen LogP contribution in [0.2, 0.25) is 23.2 Å². The highest BCUT2D eigenvalue weighted by Crippen LogP contribution is 2.45. The van der Waals surface area contributed by atoms with E-state index < -0.39 is 17.1 Å². The van der Waals surface area contributed by atoms with Gasteiger partial charge < -0.3 is 17.7 Å².